The van der Waals surface area contributed by atoms with Crippen molar-refractivity contribution < 1.29 is 18.6 Å². The number of aliphatic hydroxyl groups is 1. The molecule has 4 aromatic rings. The lowest BCUT2D eigenvalue weighted by molar-refractivity contribution is -0.0505. The van der Waals surface area contributed by atoms with E-state index in [1.165, 1.54) is 16.7 Å². The number of pyridine rings is 2. The van der Waals surface area contributed by atoms with Gasteiger partial charge in [0.1, 0.15) is 11.4 Å². The van der Waals surface area contributed by atoms with Crippen LogP contribution >= 0.6 is 11.6 Å². The lowest BCUT2D eigenvalue weighted by Crippen LogP contribution is -2.18. The van der Waals surface area contributed by atoms with Crippen LogP contribution in [0.1, 0.15) is 41.0 Å². The number of alkyl halides is 2. The van der Waals surface area contributed by atoms with Crippen LogP contribution < -0.4 is 10.3 Å². The molecule has 1 aliphatic carbocycles. The predicted octanol–water partition coefficient (Wildman–Crippen LogP) is 4.83. The first-order valence-corrected chi connectivity index (χ1v) is 10.7. The van der Waals surface area contributed by atoms with Crippen LogP contribution in [0.15, 0.2) is 53.6 Å². The summed E-state index contributed by atoms with van der Waals surface area (Å²) in [7, 11) is 1.70. The quantitative estimate of drug-likeness (QED) is 0.463. The van der Waals surface area contributed by atoms with E-state index >= 15 is 0 Å². The van der Waals surface area contributed by atoms with Gasteiger partial charge in [0.05, 0.1) is 17.5 Å². The van der Waals surface area contributed by atoms with Crippen LogP contribution in [0.25, 0.3) is 16.8 Å². The Labute approximate surface area is 192 Å². The van der Waals surface area contributed by atoms with E-state index in [0.29, 0.717) is 33.2 Å². The van der Waals surface area contributed by atoms with E-state index in [1.807, 2.05) is 28.8 Å². The fourth-order valence-corrected chi connectivity index (χ4v) is 4.78. The fraction of sp³-hybridized carbons (Fsp3) is 0.250. The molecule has 0 aliphatic heterocycles. The second-order valence-corrected chi connectivity index (χ2v) is 8.66. The monoisotopic (exact) mass is 471 g/mol. The number of fused-ring (bicyclic) bond motifs is 3. The molecule has 0 saturated heterocycles. The highest BCUT2D eigenvalue weighted by atomic mass is 35.5. The minimum atomic E-state index is -2.99. The van der Waals surface area contributed by atoms with Crippen LogP contribution in [-0.4, -0.2) is 25.7 Å². The van der Waals surface area contributed by atoms with Crippen LogP contribution in [0.5, 0.6) is 5.75 Å². The van der Waals surface area contributed by atoms with Gasteiger partial charge in [0.25, 0.3) is 5.56 Å². The molecule has 33 heavy (non-hydrogen) atoms. The standard InChI is InChI=1S/C24H20ClF2N3O3/c1-12-7-14(10-29(2)23(12)32)13-3-6-20-28-21-18(31)9-17(22(21)30(20)11-13)16-8-15(25)4-5-19(16)33-24(26)27/h3-8,10-11,17-18,24,31H,9H2,1-2H3/t17-,18-/m1/s1. The molecule has 0 spiro atoms. The van der Waals surface area contributed by atoms with Gasteiger partial charge in [-0.2, -0.15) is 8.78 Å². The molecule has 1 N–H and O–H groups in total. The number of ether oxygens (including phenoxy) is 1. The number of halogens is 3. The number of aryl methyl sites for hydroxylation is 2. The van der Waals surface area contributed by atoms with Gasteiger partial charge >= 0.3 is 6.61 Å². The number of nitrogens with zero attached hydrogens (tertiary/aromatic N) is 3. The Morgan fingerprint density at radius 3 is 2.70 bits per heavy atom. The van der Waals surface area contributed by atoms with E-state index in [4.69, 9.17) is 16.3 Å². The van der Waals surface area contributed by atoms with Gasteiger partial charge in [0, 0.05) is 41.5 Å². The highest BCUT2D eigenvalue weighted by molar-refractivity contribution is 6.30. The molecule has 0 saturated carbocycles. The van der Waals surface area contributed by atoms with Crippen molar-refractivity contribution in [3.63, 3.8) is 0 Å². The summed E-state index contributed by atoms with van der Waals surface area (Å²) in [6, 6.07) is 10.0. The predicted molar refractivity (Wildman–Crippen MR) is 120 cm³/mol. The van der Waals surface area contributed by atoms with Crippen molar-refractivity contribution >= 4 is 17.2 Å². The average molecular weight is 472 g/mol. The van der Waals surface area contributed by atoms with Gasteiger partial charge in [-0.05, 0) is 60.9 Å². The molecular weight excluding hydrogens is 452 g/mol. The largest absolute Gasteiger partial charge is 0.435 e. The van der Waals surface area contributed by atoms with Crippen molar-refractivity contribution in [1.29, 1.82) is 0 Å². The molecule has 1 aromatic carbocycles. The zero-order chi connectivity index (χ0) is 23.4. The lowest BCUT2D eigenvalue weighted by atomic mass is 9.95. The molecule has 1 aliphatic rings. The van der Waals surface area contributed by atoms with E-state index < -0.39 is 18.6 Å². The van der Waals surface area contributed by atoms with Crippen molar-refractivity contribution in [3.8, 4) is 16.9 Å². The third-order valence-electron chi connectivity index (χ3n) is 6.05. The Morgan fingerprint density at radius 1 is 1.18 bits per heavy atom. The molecule has 2 atom stereocenters. The summed E-state index contributed by atoms with van der Waals surface area (Å²) in [4.78, 5) is 16.7. The van der Waals surface area contributed by atoms with Gasteiger partial charge in [-0.3, -0.25) is 4.79 Å². The number of hydrogen-bond donors (Lipinski definition) is 1. The zero-order valence-electron chi connectivity index (χ0n) is 17.8. The van der Waals surface area contributed by atoms with Crippen molar-refractivity contribution in [2.75, 3.05) is 0 Å². The second-order valence-electron chi connectivity index (χ2n) is 8.22. The number of rotatable bonds is 4. The number of hydrogen-bond acceptors (Lipinski definition) is 4. The van der Waals surface area contributed by atoms with Crippen LogP contribution in [0.3, 0.4) is 0 Å². The van der Waals surface area contributed by atoms with E-state index in [9.17, 15) is 18.7 Å². The summed E-state index contributed by atoms with van der Waals surface area (Å²) >= 11 is 6.18. The van der Waals surface area contributed by atoms with Crippen LogP contribution in [-0.2, 0) is 7.05 Å². The first kappa shape index (κ1) is 21.6. The Bertz CT molecular complexity index is 1420. The summed E-state index contributed by atoms with van der Waals surface area (Å²) in [6.07, 6.45) is 3.05. The second kappa shape index (κ2) is 7.97. The molecule has 0 amide bonds. The topological polar surface area (TPSA) is 68.8 Å². The van der Waals surface area contributed by atoms with Crippen molar-refractivity contribution in [2.45, 2.75) is 32.0 Å². The van der Waals surface area contributed by atoms with E-state index in [1.54, 1.807) is 26.2 Å². The maximum atomic E-state index is 13.0. The number of benzene rings is 1. The van der Waals surface area contributed by atoms with Gasteiger partial charge in [-0.15, -0.1) is 0 Å². The molecule has 170 valence electrons. The number of imidazole rings is 1. The smallest absolute Gasteiger partial charge is 0.387 e. The molecule has 5 rings (SSSR count). The zero-order valence-corrected chi connectivity index (χ0v) is 18.6. The SMILES string of the molecule is Cc1cc(-c2ccc3nc4c(n3c2)[C@@H](c2cc(Cl)ccc2OC(F)F)C[C@H]4O)cn(C)c1=O. The first-order chi connectivity index (χ1) is 15.7. The van der Waals surface area contributed by atoms with E-state index in [-0.39, 0.29) is 17.7 Å². The van der Waals surface area contributed by atoms with Gasteiger partial charge in [0.2, 0.25) is 0 Å². The molecule has 0 fully saturated rings. The van der Waals surface area contributed by atoms with Crippen molar-refractivity contribution in [1.82, 2.24) is 14.0 Å². The molecule has 9 heteroatoms. The molecule has 3 heterocycles. The molecule has 0 radical (unpaired) electrons. The van der Waals surface area contributed by atoms with Crippen molar-refractivity contribution in [2.24, 2.45) is 7.05 Å². The lowest BCUT2D eigenvalue weighted by Gasteiger charge is -2.18. The fourth-order valence-electron chi connectivity index (χ4n) is 4.59. The Hall–Kier alpha value is -3.23. The highest BCUT2D eigenvalue weighted by Crippen LogP contribution is 2.47. The summed E-state index contributed by atoms with van der Waals surface area (Å²) in [6.45, 7) is -1.23. The average Bonchev–Trinajstić information content (AvgIpc) is 3.29. The van der Waals surface area contributed by atoms with Gasteiger partial charge < -0.3 is 18.8 Å². The normalized spacial score (nSPS) is 17.7. The minimum Gasteiger partial charge on any atom is -0.435 e. The van der Waals surface area contributed by atoms with Crippen LogP contribution in [0.4, 0.5) is 8.78 Å². The summed E-state index contributed by atoms with van der Waals surface area (Å²) in [5, 5.41) is 11.1. The van der Waals surface area contributed by atoms with E-state index in [2.05, 4.69) is 4.98 Å². The Morgan fingerprint density at radius 2 is 1.97 bits per heavy atom. The van der Waals surface area contributed by atoms with Gasteiger partial charge in [-0.1, -0.05) is 11.6 Å². The number of aromatic nitrogens is 3. The van der Waals surface area contributed by atoms with Gasteiger partial charge in [-0.25, -0.2) is 4.98 Å². The molecule has 0 unspecified atom stereocenters. The molecule has 3 aromatic heterocycles. The van der Waals surface area contributed by atoms with Gasteiger partial charge in [0.15, 0.2) is 0 Å². The van der Waals surface area contributed by atoms with Crippen LogP contribution in [0, 0.1) is 6.92 Å². The van der Waals surface area contributed by atoms with E-state index in [0.717, 1.165) is 11.1 Å². The maximum Gasteiger partial charge on any atom is 0.387 e. The molecule has 0 bridgehead atoms. The first-order valence-electron chi connectivity index (χ1n) is 10.3. The number of aliphatic hydroxyl groups excluding tert-OH is 1. The summed E-state index contributed by atoms with van der Waals surface area (Å²) < 4.78 is 34.2. The maximum absolute atomic E-state index is 13.0. The highest BCUT2D eigenvalue weighted by Gasteiger charge is 2.37. The third-order valence-corrected chi connectivity index (χ3v) is 6.28. The Kier molecular flexibility index (Phi) is 5.22. The van der Waals surface area contributed by atoms with Crippen molar-refractivity contribution in [3.05, 3.63) is 86.7 Å². The molecule has 6 nitrogen and oxygen atoms in total. The summed E-state index contributed by atoms with van der Waals surface area (Å²) in [5.74, 6) is -0.436. The molecular formula is C24H20ClF2N3O3. The minimum absolute atomic E-state index is 0.0132. The Balaban J connectivity index is 1.69. The van der Waals surface area contributed by atoms with Crippen LogP contribution in [0.2, 0.25) is 5.02 Å². The third kappa shape index (κ3) is 3.69. The summed E-state index contributed by atoms with van der Waals surface area (Å²) in [5.41, 5.74) is 4.51.